The van der Waals surface area contributed by atoms with Gasteiger partial charge in [-0.15, -0.1) is 0 Å². The van der Waals surface area contributed by atoms with Crippen LogP contribution in [0.25, 0.3) is 5.70 Å². The minimum Gasteiger partial charge on any atom is -0.266 e. The van der Waals surface area contributed by atoms with E-state index in [9.17, 15) is 8.42 Å². The maximum Gasteiger partial charge on any atom is 0.264 e. The highest BCUT2D eigenvalue weighted by molar-refractivity contribution is 7.89. The van der Waals surface area contributed by atoms with Gasteiger partial charge in [-0.05, 0) is 50.8 Å². The van der Waals surface area contributed by atoms with Gasteiger partial charge in [-0.3, -0.25) is 4.31 Å². The Morgan fingerprint density at radius 1 is 0.833 bits per heavy atom. The van der Waals surface area contributed by atoms with E-state index in [1.807, 2.05) is 50.2 Å². The Kier molecular flexibility index (Phi) is 4.76. The molecule has 1 aliphatic rings. The van der Waals surface area contributed by atoms with Crippen LogP contribution < -0.4 is 0 Å². The van der Waals surface area contributed by atoms with Gasteiger partial charge in [0, 0.05) is 6.54 Å². The van der Waals surface area contributed by atoms with E-state index in [2.05, 4.69) is 6.08 Å². The summed E-state index contributed by atoms with van der Waals surface area (Å²) in [6.07, 6.45) is 4.85. The zero-order chi connectivity index (χ0) is 17.2. The van der Waals surface area contributed by atoms with E-state index < -0.39 is 10.0 Å². The van der Waals surface area contributed by atoms with Crippen LogP contribution in [0.1, 0.15) is 36.0 Å². The molecular weight excluding hydrogens is 318 g/mol. The van der Waals surface area contributed by atoms with Crippen LogP contribution in [0, 0.1) is 13.8 Å². The van der Waals surface area contributed by atoms with Crippen molar-refractivity contribution in [2.24, 2.45) is 0 Å². The summed E-state index contributed by atoms with van der Waals surface area (Å²) >= 11 is 0. The number of nitrogens with zero attached hydrogens (tertiary/aromatic N) is 1. The van der Waals surface area contributed by atoms with Gasteiger partial charge in [-0.25, -0.2) is 8.42 Å². The lowest BCUT2D eigenvalue weighted by atomic mass is 10.1. The molecule has 0 saturated heterocycles. The minimum atomic E-state index is -3.54. The Morgan fingerprint density at radius 3 is 2.04 bits per heavy atom. The highest BCUT2D eigenvalue weighted by atomic mass is 32.2. The second-order valence-corrected chi connectivity index (χ2v) is 8.20. The van der Waals surface area contributed by atoms with Gasteiger partial charge in [0.25, 0.3) is 10.0 Å². The molecule has 24 heavy (non-hydrogen) atoms. The lowest BCUT2D eigenvalue weighted by molar-refractivity contribution is 0.502. The number of benzene rings is 2. The van der Waals surface area contributed by atoms with Gasteiger partial charge in [0.05, 0.1) is 10.6 Å². The summed E-state index contributed by atoms with van der Waals surface area (Å²) in [5, 5.41) is 0. The second kappa shape index (κ2) is 6.81. The maximum absolute atomic E-state index is 13.2. The molecule has 0 fully saturated rings. The number of sulfonamides is 1. The molecule has 3 nitrogen and oxygen atoms in total. The summed E-state index contributed by atoms with van der Waals surface area (Å²) in [6, 6.07) is 15.1. The Morgan fingerprint density at radius 2 is 1.42 bits per heavy atom. The molecule has 0 saturated carbocycles. The molecule has 4 heteroatoms. The Hall–Kier alpha value is -2.07. The van der Waals surface area contributed by atoms with Crippen LogP contribution in [0.5, 0.6) is 0 Å². The van der Waals surface area contributed by atoms with Crippen molar-refractivity contribution in [2.45, 2.75) is 38.0 Å². The lowest BCUT2D eigenvalue weighted by Crippen LogP contribution is -2.30. The first-order valence-electron chi connectivity index (χ1n) is 8.35. The van der Waals surface area contributed by atoms with Crippen molar-refractivity contribution in [3.63, 3.8) is 0 Å². The molecule has 0 spiro atoms. The zero-order valence-corrected chi connectivity index (χ0v) is 15.0. The number of hydrogen-bond acceptors (Lipinski definition) is 2. The second-order valence-electron chi connectivity index (χ2n) is 6.34. The van der Waals surface area contributed by atoms with E-state index in [0.29, 0.717) is 11.4 Å². The lowest BCUT2D eigenvalue weighted by Gasteiger charge is -2.26. The van der Waals surface area contributed by atoms with Crippen molar-refractivity contribution in [1.29, 1.82) is 0 Å². The van der Waals surface area contributed by atoms with Gasteiger partial charge in [-0.2, -0.15) is 0 Å². The summed E-state index contributed by atoms with van der Waals surface area (Å²) < 4.78 is 28.0. The summed E-state index contributed by atoms with van der Waals surface area (Å²) in [5.41, 5.74) is 3.98. The average molecular weight is 341 g/mol. The maximum atomic E-state index is 13.2. The average Bonchev–Trinajstić information content (AvgIpc) is 2.82. The quantitative estimate of drug-likeness (QED) is 0.823. The molecule has 0 radical (unpaired) electrons. The van der Waals surface area contributed by atoms with Crippen molar-refractivity contribution in [3.8, 4) is 0 Å². The summed E-state index contributed by atoms with van der Waals surface area (Å²) in [7, 11) is -3.54. The van der Waals surface area contributed by atoms with Crippen LogP contribution in [-0.4, -0.2) is 19.3 Å². The van der Waals surface area contributed by atoms with Crippen LogP contribution in [0.2, 0.25) is 0 Å². The predicted molar refractivity (Wildman–Crippen MR) is 98.1 cm³/mol. The number of aryl methyl sites for hydroxylation is 2. The van der Waals surface area contributed by atoms with Gasteiger partial charge in [0.15, 0.2) is 0 Å². The summed E-state index contributed by atoms with van der Waals surface area (Å²) in [5.74, 6) is 0. The molecule has 0 aromatic heterocycles. The summed E-state index contributed by atoms with van der Waals surface area (Å²) in [6.45, 7) is 4.52. The predicted octanol–water partition coefficient (Wildman–Crippen LogP) is 4.52. The van der Waals surface area contributed by atoms with Crippen molar-refractivity contribution >= 4 is 15.7 Å². The molecule has 0 N–H and O–H groups in total. The highest BCUT2D eigenvalue weighted by Crippen LogP contribution is 2.30. The van der Waals surface area contributed by atoms with Crippen molar-refractivity contribution < 1.29 is 8.42 Å². The molecule has 0 unspecified atom stereocenters. The van der Waals surface area contributed by atoms with Crippen molar-refractivity contribution in [1.82, 2.24) is 4.31 Å². The Labute approximate surface area is 144 Å². The third kappa shape index (κ3) is 3.39. The van der Waals surface area contributed by atoms with E-state index in [1.165, 1.54) is 5.56 Å². The molecule has 3 rings (SSSR count). The fraction of sp³-hybridized carbons (Fsp3) is 0.300. The first kappa shape index (κ1) is 16.8. The van der Waals surface area contributed by atoms with E-state index in [1.54, 1.807) is 16.4 Å². The summed E-state index contributed by atoms with van der Waals surface area (Å²) in [4.78, 5) is 0.355. The van der Waals surface area contributed by atoms with Gasteiger partial charge in [0.1, 0.15) is 0 Å². The smallest absolute Gasteiger partial charge is 0.264 e. The van der Waals surface area contributed by atoms with Gasteiger partial charge >= 0.3 is 0 Å². The van der Waals surface area contributed by atoms with Crippen molar-refractivity contribution in [2.75, 3.05) is 6.54 Å². The molecule has 0 aliphatic carbocycles. The molecule has 1 heterocycles. The van der Waals surface area contributed by atoms with Crippen LogP contribution in [0.15, 0.2) is 59.5 Å². The number of rotatable bonds is 3. The fourth-order valence-corrected chi connectivity index (χ4v) is 4.48. The topological polar surface area (TPSA) is 37.4 Å². The Bertz CT molecular complexity index is 834. The zero-order valence-electron chi connectivity index (χ0n) is 14.2. The van der Waals surface area contributed by atoms with E-state index in [4.69, 9.17) is 0 Å². The van der Waals surface area contributed by atoms with Crippen LogP contribution in [0.4, 0.5) is 0 Å². The molecular formula is C20H23NO2S. The molecule has 0 bridgehead atoms. The van der Waals surface area contributed by atoms with E-state index in [0.717, 1.165) is 36.1 Å². The molecule has 1 aliphatic heterocycles. The third-order valence-electron chi connectivity index (χ3n) is 4.38. The van der Waals surface area contributed by atoms with Crippen LogP contribution in [0.3, 0.4) is 0 Å². The van der Waals surface area contributed by atoms with Gasteiger partial charge in [0.2, 0.25) is 0 Å². The molecule has 0 atom stereocenters. The monoisotopic (exact) mass is 341 g/mol. The minimum absolute atomic E-state index is 0.355. The number of allylic oxidation sites excluding steroid dienone is 1. The van der Waals surface area contributed by atoms with Crippen molar-refractivity contribution in [3.05, 3.63) is 71.3 Å². The first-order valence-corrected chi connectivity index (χ1v) is 9.79. The SMILES string of the molecule is Cc1ccc(C2=CCCCCN2S(=O)(=O)c2ccc(C)cc2)cc1. The molecule has 0 amide bonds. The first-order chi connectivity index (χ1) is 11.5. The molecule has 2 aromatic carbocycles. The standard InChI is InChI=1S/C20H23NO2S/c1-16-7-11-18(12-8-16)20-6-4-3-5-15-21(20)24(22,23)19-13-9-17(2)10-14-19/h6-14H,3-5,15H2,1-2H3. The van der Waals surface area contributed by atoms with E-state index >= 15 is 0 Å². The largest absolute Gasteiger partial charge is 0.266 e. The number of hydrogen-bond donors (Lipinski definition) is 0. The van der Waals surface area contributed by atoms with Crippen LogP contribution >= 0.6 is 0 Å². The normalized spacial score (nSPS) is 15.8. The van der Waals surface area contributed by atoms with Gasteiger partial charge in [-0.1, -0.05) is 53.6 Å². The molecule has 126 valence electrons. The molecule has 2 aromatic rings. The Balaban J connectivity index is 2.05. The van der Waals surface area contributed by atoms with E-state index in [-0.39, 0.29) is 0 Å². The highest BCUT2D eigenvalue weighted by Gasteiger charge is 2.28. The van der Waals surface area contributed by atoms with Crippen LogP contribution in [-0.2, 0) is 10.0 Å². The fourth-order valence-electron chi connectivity index (χ4n) is 2.93. The third-order valence-corrected chi connectivity index (χ3v) is 6.21. The van der Waals surface area contributed by atoms with Gasteiger partial charge < -0.3 is 0 Å².